The van der Waals surface area contributed by atoms with Gasteiger partial charge in [-0.3, -0.25) is 19.6 Å². The largest absolute Gasteiger partial charge is 0.325 e. The SMILES string of the molecule is CCCCCSc1n[n+]2c(c(=O)[nH]1)-c1ccccc1N(C(C)=O)[C@H]2c1ccccn1. The molecule has 1 amide bonds. The number of benzene rings is 1. The highest BCUT2D eigenvalue weighted by Gasteiger charge is 2.45. The zero-order valence-electron chi connectivity index (χ0n) is 17.0. The Balaban J connectivity index is 1.90. The topological polar surface area (TPSA) is 82.8 Å². The van der Waals surface area contributed by atoms with Gasteiger partial charge in [-0.1, -0.05) is 49.7 Å². The van der Waals surface area contributed by atoms with E-state index in [1.54, 1.807) is 15.8 Å². The second kappa shape index (κ2) is 8.79. The predicted molar refractivity (Wildman–Crippen MR) is 116 cm³/mol. The molecule has 3 aromatic rings. The number of aromatic amines is 1. The van der Waals surface area contributed by atoms with E-state index >= 15 is 0 Å². The van der Waals surface area contributed by atoms with Crippen LogP contribution in [0, 0.1) is 0 Å². The fourth-order valence-electron chi connectivity index (χ4n) is 3.69. The molecule has 8 heteroatoms. The average molecular weight is 423 g/mol. The maximum Gasteiger partial charge on any atom is 0.325 e. The van der Waals surface area contributed by atoms with Gasteiger partial charge in [0, 0.05) is 24.0 Å². The van der Waals surface area contributed by atoms with Crippen molar-refractivity contribution in [2.75, 3.05) is 10.7 Å². The first-order valence-electron chi connectivity index (χ1n) is 10.1. The average Bonchev–Trinajstić information content (AvgIpc) is 2.76. The minimum atomic E-state index is -0.633. The van der Waals surface area contributed by atoms with Gasteiger partial charge in [-0.15, -0.1) is 0 Å². The molecular weight excluding hydrogens is 398 g/mol. The minimum Gasteiger partial charge on any atom is -0.291 e. The van der Waals surface area contributed by atoms with E-state index < -0.39 is 6.17 Å². The number of H-pyrrole nitrogens is 1. The van der Waals surface area contributed by atoms with Crippen LogP contribution in [0.25, 0.3) is 11.3 Å². The van der Waals surface area contributed by atoms with E-state index in [9.17, 15) is 9.59 Å². The Kier molecular flexibility index (Phi) is 5.94. The quantitative estimate of drug-likeness (QED) is 0.374. The summed E-state index contributed by atoms with van der Waals surface area (Å²) in [6.45, 7) is 3.68. The van der Waals surface area contributed by atoms with Crippen molar-refractivity contribution in [3.63, 3.8) is 0 Å². The van der Waals surface area contributed by atoms with Crippen LogP contribution in [0.2, 0.25) is 0 Å². The molecule has 0 spiro atoms. The number of anilines is 1. The van der Waals surface area contributed by atoms with Crippen LogP contribution >= 0.6 is 11.8 Å². The van der Waals surface area contributed by atoms with Crippen LogP contribution in [0.1, 0.15) is 45.0 Å². The molecule has 0 unspecified atom stereocenters. The standard InChI is InChI=1S/C22H23N5O2S/c1-3-4-9-14-30-22-24-20(29)19-16-10-5-6-12-18(16)26(15(2)28)21(27(19)25-22)17-11-7-8-13-23-17/h5-8,10-13,21H,3-4,9,14H2,1-2H3/p+1/t21-/m1/s1. The van der Waals surface area contributed by atoms with Crippen LogP contribution < -0.4 is 15.1 Å². The Morgan fingerprint density at radius 1 is 1.20 bits per heavy atom. The third-order valence-corrected chi connectivity index (χ3v) is 5.99. The Morgan fingerprint density at radius 2 is 2.00 bits per heavy atom. The molecule has 0 saturated carbocycles. The first kappa shape index (κ1) is 20.3. The van der Waals surface area contributed by atoms with Crippen molar-refractivity contribution < 1.29 is 9.48 Å². The van der Waals surface area contributed by atoms with Gasteiger partial charge in [0.15, 0.2) is 0 Å². The summed E-state index contributed by atoms with van der Waals surface area (Å²) < 4.78 is 1.65. The van der Waals surface area contributed by atoms with Crippen LogP contribution in [0.3, 0.4) is 0 Å². The summed E-state index contributed by atoms with van der Waals surface area (Å²) in [5.74, 6) is 0.729. The van der Waals surface area contributed by atoms with E-state index in [1.165, 1.54) is 18.7 Å². The number of rotatable bonds is 6. The lowest BCUT2D eigenvalue weighted by Crippen LogP contribution is -2.60. The van der Waals surface area contributed by atoms with Crippen molar-refractivity contribution >= 4 is 23.4 Å². The highest BCUT2D eigenvalue weighted by molar-refractivity contribution is 7.99. The molecule has 0 fully saturated rings. The molecule has 0 aliphatic carbocycles. The molecule has 30 heavy (non-hydrogen) atoms. The van der Waals surface area contributed by atoms with Gasteiger partial charge in [-0.2, -0.15) is 0 Å². The summed E-state index contributed by atoms with van der Waals surface area (Å²) in [4.78, 5) is 34.9. The van der Waals surface area contributed by atoms with Gasteiger partial charge in [0.05, 0.1) is 11.3 Å². The third-order valence-electron chi connectivity index (χ3n) is 5.04. The molecule has 4 rings (SSSR count). The van der Waals surface area contributed by atoms with Crippen LogP contribution in [0.5, 0.6) is 0 Å². The van der Waals surface area contributed by atoms with Gasteiger partial charge in [0.25, 0.3) is 0 Å². The Hall–Kier alpha value is -3.00. The van der Waals surface area contributed by atoms with Crippen molar-refractivity contribution in [2.24, 2.45) is 0 Å². The molecule has 1 aliphatic heterocycles. The van der Waals surface area contributed by atoms with E-state index in [2.05, 4.69) is 16.9 Å². The molecule has 1 atom stereocenters. The normalized spacial score (nSPS) is 14.9. The predicted octanol–water partition coefficient (Wildman–Crippen LogP) is 3.32. The van der Waals surface area contributed by atoms with Gasteiger partial charge in [-0.25, -0.2) is 4.90 Å². The Labute approximate surface area is 179 Å². The second-order valence-electron chi connectivity index (χ2n) is 7.14. The monoisotopic (exact) mass is 422 g/mol. The zero-order chi connectivity index (χ0) is 21.1. The number of aromatic nitrogens is 4. The molecule has 1 aliphatic rings. The maximum absolute atomic E-state index is 13.1. The summed E-state index contributed by atoms with van der Waals surface area (Å²) in [6.07, 6.45) is 4.37. The van der Waals surface area contributed by atoms with Gasteiger partial charge >= 0.3 is 17.4 Å². The van der Waals surface area contributed by atoms with Gasteiger partial charge in [0.2, 0.25) is 11.1 Å². The number of amides is 1. The number of unbranched alkanes of at least 4 members (excludes halogenated alkanes) is 2. The number of nitrogens with one attached hydrogen (secondary N) is 1. The number of nitrogens with zero attached hydrogens (tertiary/aromatic N) is 4. The minimum absolute atomic E-state index is 0.143. The third kappa shape index (κ3) is 3.75. The van der Waals surface area contributed by atoms with Crippen molar-refractivity contribution in [3.8, 4) is 11.3 Å². The maximum atomic E-state index is 13.1. The highest BCUT2D eigenvalue weighted by Crippen LogP contribution is 2.36. The van der Waals surface area contributed by atoms with Crippen LogP contribution in [-0.4, -0.2) is 26.7 Å². The fourth-order valence-corrected chi connectivity index (χ4v) is 4.55. The summed E-state index contributed by atoms with van der Waals surface area (Å²) in [7, 11) is 0. The van der Waals surface area contributed by atoms with E-state index in [4.69, 9.17) is 5.10 Å². The summed E-state index contributed by atoms with van der Waals surface area (Å²) in [6, 6.07) is 13.0. The van der Waals surface area contributed by atoms with Crippen molar-refractivity contribution in [1.82, 2.24) is 15.1 Å². The molecule has 1 aromatic carbocycles. The van der Waals surface area contributed by atoms with Crippen molar-refractivity contribution in [1.29, 1.82) is 0 Å². The van der Waals surface area contributed by atoms with Crippen molar-refractivity contribution in [3.05, 3.63) is 64.7 Å². The molecule has 3 heterocycles. The summed E-state index contributed by atoms with van der Waals surface area (Å²) in [5, 5.41) is 5.30. The molecular formula is C22H24N5O2S+. The number of pyridine rings is 1. The number of thioether (sulfide) groups is 1. The number of hydrogen-bond acceptors (Lipinski definition) is 5. The molecule has 0 radical (unpaired) electrons. The van der Waals surface area contributed by atoms with Crippen LogP contribution in [0.15, 0.2) is 58.6 Å². The second-order valence-corrected chi connectivity index (χ2v) is 8.23. The molecule has 0 saturated heterocycles. The number of fused-ring (bicyclic) bond motifs is 3. The van der Waals surface area contributed by atoms with Crippen LogP contribution in [0.4, 0.5) is 5.69 Å². The molecule has 154 valence electrons. The van der Waals surface area contributed by atoms with Crippen molar-refractivity contribution in [2.45, 2.75) is 44.4 Å². The van der Waals surface area contributed by atoms with Crippen LogP contribution in [-0.2, 0) is 4.79 Å². The zero-order valence-corrected chi connectivity index (χ0v) is 17.9. The van der Waals surface area contributed by atoms with E-state index in [0.717, 1.165) is 25.0 Å². The molecule has 2 aromatic heterocycles. The van der Waals surface area contributed by atoms with E-state index in [-0.39, 0.29) is 11.5 Å². The van der Waals surface area contributed by atoms with E-state index in [1.807, 2.05) is 42.5 Å². The molecule has 7 nitrogen and oxygen atoms in total. The number of para-hydroxylation sites is 1. The first-order chi connectivity index (χ1) is 14.6. The van der Waals surface area contributed by atoms with Gasteiger partial charge in [0.1, 0.15) is 5.69 Å². The highest BCUT2D eigenvalue weighted by atomic mass is 32.2. The van der Waals surface area contributed by atoms with E-state index in [0.29, 0.717) is 27.8 Å². The Bertz CT molecular complexity index is 1120. The molecule has 1 N–H and O–H groups in total. The van der Waals surface area contributed by atoms with Gasteiger partial charge in [-0.05, 0) is 35.4 Å². The lowest BCUT2D eigenvalue weighted by Gasteiger charge is -2.30. The number of hydrogen-bond donors (Lipinski definition) is 1. The number of carbonyl (C=O) groups excluding carboxylic acids is 1. The molecule has 0 bridgehead atoms. The smallest absolute Gasteiger partial charge is 0.291 e. The summed E-state index contributed by atoms with van der Waals surface area (Å²) >= 11 is 1.52. The lowest BCUT2D eigenvalue weighted by molar-refractivity contribution is -0.763. The summed E-state index contributed by atoms with van der Waals surface area (Å²) in [5.41, 5.74) is 2.21. The fraction of sp³-hybridized carbons (Fsp3) is 0.318. The Morgan fingerprint density at radius 3 is 2.73 bits per heavy atom. The van der Waals surface area contributed by atoms with Gasteiger partial charge < -0.3 is 0 Å². The lowest BCUT2D eigenvalue weighted by atomic mass is 10.0. The first-order valence-corrected chi connectivity index (χ1v) is 11.1. The number of carbonyl (C=O) groups is 1.